The van der Waals surface area contributed by atoms with Gasteiger partial charge in [0.1, 0.15) is 11.6 Å². The van der Waals surface area contributed by atoms with Crippen LogP contribution in [0, 0.1) is 16.0 Å². The topological polar surface area (TPSA) is 131 Å². The summed E-state index contributed by atoms with van der Waals surface area (Å²) in [6, 6.07) is 3.36. The van der Waals surface area contributed by atoms with E-state index in [1.165, 1.54) is 18.2 Å². The maximum atomic E-state index is 10.8. The molecule has 0 amide bonds. The third-order valence-corrected chi connectivity index (χ3v) is 2.97. The first-order chi connectivity index (χ1) is 9.40. The zero-order valence-electron chi connectivity index (χ0n) is 11.1. The highest BCUT2D eigenvalue weighted by atomic mass is 16.6. The Morgan fingerprint density at radius 2 is 2.15 bits per heavy atom. The van der Waals surface area contributed by atoms with Gasteiger partial charge < -0.3 is 10.8 Å². The molecule has 0 aliphatic carbocycles. The second kappa shape index (κ2) is 5.25. The van der Waals surface area contributed by atoms with E-state index < -0.39 is 4.92 Å². The van der Waals surface area contributed by atoms with E-state index in [9.17, 15) is 15.2 Å². The zero-order valence-corrected chi connectivity index (χ0v) is 11.1. The van der Waals surface area contributed by atoms with Gasteiger partial charge in [-0.1, -0.05) is 13.8 Å². The Balaban J connectivity index is 2.42. The lowest BCUT2D eigenvalue weighted by Crippen LogP contribution is -2.18. The molecule has 0 aliphatic rings. The van der Waals surface area contributed by atoms with E-state index in [2.05, 4.69) is 15.2 Å². The Morgan fingerprint density at radius 1 is 1.45 bits per heavy atom. The molecule has 0 saturated carbocycles. The number of H-pyrrole nitrogens is 1. The van der Waals surface area contributed by atoms with Crippen molar-refractivity contribution in [2.75, 3.05) is 0 Å². The predicted octanol–water partition coefficient (Wildman–Crippen LogP) is 1.74. The first kappa shape index (κ1) is 13.9. The van der Waals surface area contributed by atoms with Crippen molar-refractivity contribution in [2.45, 2.75) is 19.9 Å². The molecule has 4 N–H and O–H groups in total. The Hall–Kier alpha value is -2.48. The number of nitrogens with zero attached hydrogens (tertiary/aromatic N) is 3. The van der Waals surface area contributed by atoms with Gasteiger partial charge in [0.2, 0.25) is 0 Å². The lowest BCUT2D eigenvalue weighted by atomic mass is 10.1. The minimum atomic E-state index is -0.545. The molecule has 8 nitrogen and oxygen atoms in total. The number of hydrogen-bond donors (Lipinski definition) is 3. The van der Waals surface area contributed by atoms with Crippen LogP contribution >= 0.6 is 0 Å². The molecule has 1 heterocycles. The Bertz CT molecular complexity index is 638. The summed E-state index contributed by atoms with van der Waals surface area (Å²) in [5.74, 6) is 0.687. The number of aromatic nitrogens is 3. The molecule has 1 aromatic heterocycles. The van der Waals surface area contributed by atoms with Crippen molar-refractivity contribution in [1.82, 2.24) is 15.2 Å². The number of nitro benzene ring substituents is 1. The van der Waals surface area contributed by atoms with Crippen LogP contribution in [-0.2, 0) is 0 Å². The first-order valence-electron chi connectivity index (χ1n) is 6.05. The number of aromatic amines is 1. The van der Waals surface area contributed by atoms with Crippen LogP contribution in [0.4, 0.5) is 5.69 Å². The van der Waals surface area contributed by atoms with Crippen molar-refractivity contribution in [1.29, 1.82) is 0 Å². The second-order valence-electron chi connectivity index (χ2n) is 4.77. The third-order valence-electron chi connectivity index (χ3n) is 2.97. The maximum Gasteiger partial charge on any atom is 0.270 e. The molecule has 106 valence electrons. The molecular formula is C12H15N5O3. The highest BCUT2D eigenvalue weighted by Gasteiger charge is 2.19. The summed E-state index contributed by atoms with van der Waals surface area (Å²) >= 11 is 0. The van der Waals surface area contributed by atoms with E-state index in [1.807, 2.05) is 13.8 Å². The van der Waals surface area contributed by atoms with Crippen molar-refractivity contribution >= 4 is 5.69 Å². The highest BCUT2D eigenvalue weighted by Crippen LogP contribution is 2.30. The molecule has 1 aromatic carbocycles. The molecule has 1 unspecified atom stereocenters. The van der Waals surface area contributed by atoms with Crippen LogP contribution in [0.1, 0.15) is 25.7 Å². The minimum Gasteiger partial charge on any atom is -0.507 e. The van der Waals surface area contributed by atoms with Crippen molar-refractivity contribution in [3.05, 3.63) is 34.1 Å². The molecule has 1 atom stereocenters. The Kier molecular flexibility index (Phi) is 3.66. The lowest BCUT2D eigenvalue weighted by molar-refractivity contribution is -0.384. The summed E-state index contributed by atoms with van der Waals surface area (Å²) in [6.07, 6.45) is 0. The number of rotatable bonds is 4. The molecule has 0 fully saturated rings. The zero-order chi connectivity index (χ0) is 14.9. The summed E-state index contributed by atoms with van der Waals surface area (Å²) < 4.78 is 0. The summed E-state index contributed by atoms with van der Waals surface area (Å²) in [5, 5.41) is 27.2. The predicted molar refractivity (Wildman–Crippen MR) is 71.9 cm³/mol. The number of nitrogens with one attached hydrogen (secondary N) is 1. The number of phenols is 1. The SMILES string of the molecule is CC(C)C(N)c1nc(-c2cc([N+](=O)[O-])ccc2O)n[nH]1. The van der Waals surface area contributed by atoms with Gasteiger partial charge in [0.05, 0.1) is 16.5 Å². The quantitative estimate of drug-likeness (QED) is 0.576. The van der Waals surface area contributed by atoms with Crippen LogP contribution in [0.15, 0.2) is 18.2 Å². The number of nitrogens with two attached hydrogens (primary N) is 1. The largest absolute Gasteiger partial charge is 0.507 e. The van der Waals surface area contributed by atoms with E-state index in [4.69, 9.17) is 5.73 Å². The van der Waals surface area contributed by atoms with Gasteiger partial charge in [-0.25, -0.2) is 4.98 Å². The van der Waals surface area contributed by atoms with E-state index in [1.54, 1.807) is 0 Å². The van der Waals surface area contributed by atoms with Crippen molar-refractivity contribution in [2.24, 2.45) is 11.7 Å². The van der Waals surface area contributed by atoms with E-state index in [0.717, 1.165) is 0 Å². The number of benzene rings is 1. The van der Waals surface area contributed by atoms with Gasteiger partial charge in [-0.3, -0.25) is 15.2 Å². The number of hydrogen-bond acceptors (Lipinski definition) is 6. The molecule has 0 aliphatic heterocycles. The maximum absolute atomic E-state index is 10.8. The number of aromatic hydroxyl groups is 1. The third kappa shape index (κ3) is 2.59. The van der Waals surface area contributed by atoms with Crippen LogP contribution in [0.2, 0.25) is 0 Å². The molecule has 0 saturated heterocycles. The fourth-order valence-corrected chi connectivity index (χ4v) is 1.68. The number of phenolic OH excluding ortho intramolecular Hbond substituents is 1. The van der Waals surface area contributed by atoms with Gasteiger partial charge in [0, 0.05) is 12.1 Å². The average molecular weight is 277 g/mol. The highest BCUT2D eigenvalue weighted by molar-refractivity contribution is 5.66. The summed E-state index contributed by atoms with van der Waals surface area (Å²) in [5.41, 5.74) is 5.99. The molecule has 20 heavy (non-hydrogen) atoms. The van der Waals surface area contributed by atoms with Gasteiger partial charge in [0.25, 0.3) is 5.69 Å². The Labute approximate surface area is 114 Å². The van der Waals surface area contributed by atoms with E-state index in [-0.39, 0.29) is 34.8 Å². The summed E-state index contributed by atoms with van der Waals surface area (Å²) in [7, 11) is 0. The second-order valence-corrected chi connectivity index (χ2v) is 4.77. The first-order valence-corrected chi connectivity index (χ1v) is 6.05. The molecule has 2 rings (SSSR count). The van der Waals surface area contributed by atoms with Crippen molar-refractivity contribution in [3.8, 4) is 17.1 Å². The van der Waals surface area contributed by atoms with E-state index >= 15 is 0 Å². The summed E-state index contributed by atoms with van der Waals surface area (Å²) in [4.78, 5) is 14.4. The van der Waals surface area contributed by atoms with Gasteiger partial charge in [0.15, 0.2) is 5.82 Å². The Morgan fingerprint density at radius 3 is 2.75 bits per heavy atom. The molecule has 8 heteroatoms. The minimum absolute atomic E-state index is 0.126. The molecule has 0 radical (unpaired) electrons. The van der Waals surface area contributed by atoms with Crippen LogP contribution in [0.25, 0.3) is 11.4 Å². The van der Waals surface area contributed by atoms with E-state index in [0.29, 0.717) is 5.82 Å². The molecular weight excluding hydrogens is 262 g/mol. The van der Waals surface area contributed by atoms with Crippen LogP contribution in [0.5, 0.6) is 5.75 Å². The molecule has 0 bridgehead atoms. The summed E-state index contributed by atoms with van der Waals surface area (Å²) in [6.45, 7) is 3.88. The fourth-order valence-electron chi connectivity index (χ4n) is 1.68. The monoisotopic (exact) mass is 277 g/mol. The number of non-ortho nitro benzene ring substituents is 1. The van der Waals surface area contributed by atoms with Crippen molar-refractivity contribution < 1.29 is 10.0 Å². The smallest absolute Gasteiger partial charge is 0.270 e. The average Bonchev–Trinajstić information content (AvgIpc) is 2.87. The van der Waals surface area contributed by atoms with Gasteiger partial charge in [-0.15, -0.1) is 0 Å². The van der Waals surface area contributed by atoms with Gasteiger partial charge in [-0.2, -0.15) is 5.10 Å². The van der Waals surface area contributed by atoms with Gasteiger partial charge in [-0.05, 0) is 12.0 Å². The molecule has 0 spiro atoms. The fraction of sp³-hybridized carbons (Fsp3) is 0.333. The molecule has 2 aromatic rings. The van der Waals surface area contributed by atoms with Crippen LogP contribution in [-0.4, -0.2) is 25.2 Å². The lowest BCUT2D eigenvalue weighted by Gasteiger charge is -2.11. The normalized spacial score (nSPS) is 12.6. The van der Waals surface area contributed by atoms with Gasteiger partial charge >= 0.3 is 0 Å². The van der Waals surface area contributed by atoms with Crippen LogP contribution < -0.4 is 5.73 Å². The standard InChI is InChI=1S/C12H15N5O3/c1-6(2)10(13)12-14-11(15-16-12)8-5-7(17(19)20)3-4-9(8)18/h3-6,10,18H,13H2,1-2H3,(H,14,15,16). The van der Waals surface area contributed by atoms with Crippen molar-refractivity contribution in [3.63, 3.8) is 0 Å². The van der Waals surface area contributed by atoms with Crippen LogP contribution in [0.3, 0.4) is 0 Å². The number of nitro groups is 1.